The number of benzene rings is 1. The van der Waals surface area contributed by atoms with Crippen LogP contribution in [0.1, 0.15) is 18.9 Å². The number of para-hydroxylation sites is 1. The largest absolute Gasteiger partial charge is 0.328 e. The summed E-state index contributed by atoms with van der Waals surface area (Å²) in [5, 5.41) is 0. The Kier molecular flexibility index (Phi) is 2.73. The van der Waals surface area contributed by atoms with Gasteiger partial charge in [0.05, 0.1) is 0 Å². The van der Waals surface area contributed by atoms with Crippen LogP contribution in [0.3, 0.4) is 0 Å². The van der Waals surface area contributed by atoms with Crippen molar-refractivity contribution < 1.29 is 4.79 Å². The molecule has 15 heavy (non-hydrogen) atoms. The summed E-state index contributed by atoms with van der Waals surface area (Å²) >= 11 is 0. The highest BCUT2D eigenvalue weighted by Gasteiger charge is 2.27. The van der Waals surface area contributed by atoms with Gasteiger partial charge in [0.25, 0.3) is 0 Å². The Hall–Kier alpha value is -1.35. The number of anilines is 1. The molecule has 0 aliphatic carbocycles. The summed E-state index contributed by atoms with van der Waals surface area (Å²) in [5.41, 5.74) is 7.98. The maximum absolute atomic E-state index is 11.6. The summed E-state index contributed by atoms with van der Waals surface area (Å²) in [5.74, 6) is 0.0811. The monoisotopic (exact) mass is 204 g/mol. The molecule has 0 fully saturated rings. The number of amides is 1. The van der Waals surface area contributed by atoms with Crippen LogP contribution in [0, 0.1) is 0 Å². The van der Waals surface area contributed by atoms with E-state index in [4.69, 9.17) is 5.73 Å². The van der Waals surface area contributed by atoms with Gasteiger partial charge in [-0.25, -0.2) is 0 Å². The van der Waals surface area contributed by atoms with Crippen LogP contribution in [0.2, 0.25) is 0 Å². The molecule has 1 aromatic carbocycles. The van der Waals surface area contributed by atoms with Crippen LogP contribution >= 0.6 is 0 Å². The first-order valence-electron chi connectivity index (χ1n) is 5.32. The number of hydrogen-bond acceptors (Lipinski definition) is 2. The zero-order valence-corrected chi connectivity index (χ0v) is 8.94. The van der Waals surface area contributed by atoms with Gasteiger partial charge in [-0.1, -0.05) is 18.2 Å². The van der Waals surface area contributed by atoms with Gasteiger partial charge < -0.3 is 10.6 Å². The molecule has 1 atom stereocenters. The minimum absolute atomic E-state index is 0.0811. The van der Waals surface area contributed by atoms with Gasteiger partial charge in [0.1, 0.15) is 0 Å². The molecule has 0 aromatic heterocycles. The molecule has 0 saturated carbocycles. The predicted molar refractivity (Wildman–Crippen MR) is 60.8 cm³/mol. The van der Waals surface area contributed by atoms with Crippen molar-refractivity contribution in [2.45, 2.75) is 25.8 Å². The van der Waals surface area contributed by atoms with Gasteiger partial charge >= 0.3 is 0 Å². The molecule has 0 radical (unpaired) electrons. The van der Waals surface area contributed by atoms with Gasteiger partial charge in [-0.2, -0.15) is 0 Å². The van der Waals surface area contributed by atoms with Crippen molar-refractivity contribution in [1.29, 1.82) is 0 Å². The van der Waals surface area contributed by atoms with Crippen LogP contribution in [-0.4, -0.2) is 18.5 Å². The lowest BCUT2D eigenvalue weighted by Crippen LogP contribution is -2.46. The lowest BCUT2D eigenvalue weighted by Gasteiger charge is -2.35. The molecule has 3 nitrogen and oxygen atoms in total. The zero-order valence-electron chi connectivity index (χ0n) is 8.94. The second-order valence-electron chi connectivity index (χ2n) is 3.95. The molecule has 1 amide bonds. The summed E-state index contributed by atoms with van der Waals surface area (Å²) in [6, 6.07) is 8.22. The molecule has 80 valence electrons. The summed E-state index contributed by atoms with van der Waals surface area (Å²) < 4.78 is 0. The lowest BCUT2D eigenvalue weighted by molar-refractivity contribution is -0.117. The number of carbonyl (C=O) groups is 1. The summed E-state index contributed by atoms with van der Waals surface area (Å²) in [6.07, 6.45) is 1.98. The Morgan fingerprint density at radius 3 is 2.93 bits per heavy atom. The maximum atomic E-state index is 11.6. The van der Waals surface area contributed by atoms with Gasteiger partial charge in [-0.15, -0.1) is 0 Å². The number of nitrogens with two attached hydrogens (primary N) is 1. The van der Waals surface area contributed by atoms with E-state index in [-0.39, 0.29) is 11.9 Å². The van der Waals surface area contributed by atoms with Gasteiger partial charge in [0.2, 0.25) is 5.91 Å². The number of nitrogens with zero attached hydrogens (tertiary/aromatic N) is 1. The minimum Gasteiger partial charge on any atom is -0.328 e. The molecule has 1 aliphatic heterocycles. The molecule has 1 aromatic rings. The summed E-state index contributed by atoms with van der Waals surface area (Å²) in [4.78, 5) is 13.4. The van der Waals surface area contributed by atoms with E-state index in [0.717, 1.165) is 18.5 Å². The fraction of sp³-hybridized carbons (Fsp3) is 0.417. The predicted octanol–water partition coefficient (Wildman–Crippen LogP) is 1.31. The number of rotatable bonds is 1. The quantitative estimate of drug-likeness (QED) is 0.749. The topological polar surface area (TPSA) is 46.3 Å². The van der Waals surface area contributed by atoms with Crippen molar-refractivity contribution in [1.82, 2.24) is 0 Å². The zero-order chi connectivity index (χ0) is 10.8. The van der Waals surface area contributed by atoms with E-state index in [1.54, 1.807) is 6.92 Å². The Morgan fingerprint density at radius 2 is 2.27 bits per heavy atom. The third kappa shape index (κ3) is 1.75. The Labute approximate surface area is 89.9 Å². The van der Waals surface area contributed by atoms with Crippen molar-refractivity contribution in [2.24, 2.45) is 5.73 Å². The smallest absolute Gasteiger partial charge is 0.224 e. The molecular formula is C12H16N2O. The molecule has 0 bridgehead atoms. The fourth-order valence-corrected chi connectivity index (χ4v) is 2.26. The van der Waals surface area contributed by atoms with E-state index in [9.17, 15) is 4.79 Å². The van der Waals surface area contributed by atoms with Gasteiger partial charge in [0.15, 0.2) is 0 Å². The van der Waals surface area contributed by atoms with Crippen LogP contribution in [-0.2, 0) is 11.2 Å². The van der Waals surface area contributed by atoms with E-state index in [2.05, 4.69) is 6.07 Å². The Balaban J connectivity index is 2.43. The van der Waals surface area contributed by atoms with Crippen molar-refractivity contribution in [3.05, 3.63) is 29.8 Å². The average molecular weight is 204 g/mol. The highest BCUT2D eigenvalue weighted by molar-refractivity contribution is 5.93. The molecule has 0 spiro atoms. The summed E-state index contributed by atoms with van der Waals surface area (Å²) in [6.45, 7) is 2.14. The molecule has 2 N–H and O–H groups in total. The third-order valence-electron chi connectivity index (χ3n) is 2.97. The van der Waals surface area contributed by atoms with Gasteiger partial charge in [-0.3, -0.25) is 4.79 Å². The number of fused-ring (bicyclic) bond motifs is 1. The number of hydrogen-bond donors (Lipinski definition) is 1. The second kappa shape index (κ2) is 4.03. The van der Waals surface area contributed by atoms with Crippen molar-refractivity contribution >= 4 is 11.6 Å². The van der Waals surface area contributed by atoms with Crippen molar-refractivity contribution in [3.8, 4) is 0 Å². The van der Waals surface area contributed by atoms with Crippen LogP contribution in [0.15, 0.2) is 24.3 Å². The molecular weight excluding hydrogens is 188 g/mol. The molecule has 3 heteroatoms. The normalized spacial score (nSPS) is 19.9. The highest BCUT2D eigenvalue weighted by atomic mass is 16.2. The third-order valence-corrected chi connectivity index (χ3v) is 2.97. The van der Waals surface area contributed by atoms with Crippen molar-refractivity contribution in [2.75, 3.05) is 11.4 Å². The van der Waals surface area contributed by atoms with E-state index in [0.29, 0.717) is 6.54 Å². The first-order valence-corrected chi connectivity index (χ1v) is 5.32. The van der Waals surface area contributed by atoms with Crippen LogP contribution < -0.4 is 10.6 Å². The van der Waals surface area contributed by atoms with Gasteiger partial charge in [-0.05, 0) is 24.5 Å². The first kappa shape index (κ1) is 10.2. The van der Waals surface area contributed by atoms with E-state index in [1.807, 2.05) is 23.1 Å². The van der Waals surface area contributed by atoms with E-state index < -0.39 is 0 Å². The second-order valence-corrected chi connectivity index (χ2v) is 3.95. The Morgan fingerprint density at radius 1 is 1.53 bits per heavy atom. The fourth-order valence-electron chi connectivity index (χ4n) is 2.26. The SMILES string of the molecule is CC(=O)N1c2ccccc2CCC1CN. The minimum atomic E-state index is 0.0811. The molecule has 1 unspecified atom stereocenters. The maximum Gasteiger partial charge on any atom is 0.224 e. The first-order chi connectivity index (χ1) is 7.24. The molecule has 1 heterocycles. The standard InChI is InChI=1S/C12H16N2O/c1-9(15)14-11(8-13)7-6-10-4-2-3-5-12(10)14/h2-5,11H,6-8,13H2,1H3. The van der Waals surface area contributed by atoms with E-state index >= 15 is 0 Å². The molecule has 2 rings (SSSR count). The van der Waals surface area contributed by atoms with Crippen LogP contribution in [0.4, 0.5) is 5.69 Å². The van der Waals surface area contributed by atoms with Crippen molar-refractivity contribution in [3.63, 3.8) is 0 Å². The average Bonchev–Trinajstić information content (AvgIpc) is 2.27. The molecule has 0 saturated heterocycles. The van der Waals surface area contributed by atoms with Gasteiger partial charge in [0, 0.05) is 25.2 Å². The van der Waals surface area contributed by atoms with E-state index in [1.165, 1.54) is 5.56 Å². The highest BCUT2D eigenvalue weighted by Crippen LogP contribution is 2.30. The summed E-state index contributed by atoms with van der Waals surface area (Å²) in [7, 11) is 0. The van der Waals surface area contributed by atoms with Crippen LogP contribution in [0.5, 0.6) is 0 Å². The van der Waals surface area contributed by atoms with Crippen LogP contribution in [0.25, 0.3) is 0 Å². The number of aryl methyl sites for hydroxylation is 1. The lowest BCUT2D eigenvalue weighted by atomic mass is 9.96. The number of carbonyl (C=O) groups excluding carboxylic acids is 1. The molecule has 1 aliphatic rings. The Bertz CT molecular complexity index is 376.